The molecule has 6 heteroatoms. The van der Waals surface area contributed by atoms with Crippen molar-refractivity contribution in [3.63, 3.8) is 0 Å². The SMILES string of the molecule is CC(C)c1cccc(C(C)C)c1NC(=O)NCC1(c2ccc(F)cc2)OCCO1. The monoisotopic (exact) mass is 400 g/mol. The van der Waals surface area contributed by atoms with Gasteiger partial charge in [-0.1, -0.05) is 58.0 Å². The molecule has 2 aromatic rings. The molecule has 0 radical (unpaired) electrons. The molecular formula is C23H29FN2O3. The first-order valence-electron chi connectivity index (χ1n) is 10.0. The predicted molar refractivity (Wildman–Crippen MR) is 112 cm³/mol. The molecule has 1 fully saturated rings. The molecule has 0 unspecified atom stereocenters. The summed E-state index contributed by atoms with van der Waals surface area (Å²) in [6.07, 6.45) is 0. The molecule has 2 aromatic carbocycles. The zero-order chi connectivity index (χ0) is 21.0. The van der Waals surface area contributed by atoms with Crippen LogP contribution in [0.4, 0.5) is 14.9 Å². The number of urea groups is 1. The Balaban J connectivity index is 1.76. The molecule has 2 N–H and O–H groups in total. The van der Waals surface area contributed by atoms with Gasteiger partial charge in [-0.3, -0.25) is 0 Å². The third kappa shape index (κ3) is 4.77. The summed E-state index contributed by atoms with van der Waals surface area (Å²) in [6, 6.07) is 11.7. The molecule has 0 saturated carbocycles. The minimum Gasteiger partial charge on any atom is -0.342 e. The second-order valence-electron chi connectivity index (χ2n) is 7.89. The van der Waals surface area contributed by atoms with Crippen molar-refractivity contribution in [2.45, 2.75) is 45.3 Å². The zero-order valence-corrected chi connectivity index (χ0v) is 17.4. The molecule has 5 nitrogen and oxygen atoms in total. The van der Waals surface area contributed by atoms with Crippen molar-refractivity contribution in [2.24, 2.45) is 0 Å². The number of halogens is 1. The summed E-state index contributed by atoms with van der Waals surface area (Å²) >= 11 is 0. The van der Waals surface area contributed by atoms with Crippen molar-refractivity contribution in [3.05, 3.63) is 65.0 Å². The van der Waals surface area contributed by atoms with Gasteiger partial charge in [0, 0.05) is 11.3 Å². The van der Waals surface area contributed by atoms with Crippen LogP contribution in [0.1, 0.15) is 56.2 Å². The molecule has 1 saturated heterocycles. The Hall–Kier alpha value is -2.44. The highest BCUT2D eigenvalue weighted by Gasteiger charge is 2.39. The van der Waals surface area contributed by atoms with E-state index in [4.69, 9.17) is 9.47 Å². The number of hydrogen-bond donors (Lipinski definition) is 2. The van der Waals surface area contributed by atoms with E-state index >= 15 is 0 Å². The predicted octanol–water partition coefficient (Wildman–Crippen LogP) is 5.09. The van der Waals surface area contributed by atoms with Crippen LogP contribution in [-0.2, 0) is 15.3 Å². The Morgan fingerprint density at radius 1 is 1.00 bits per heavy atom. The van der Waals surface area contributed by atoms with Gasteiger partial charge in [-0.05, 0) is 35.1 Å². The highest BCUT2D eigenvalue weighted by molar-refractivity contribution is 5.91. The maximum absolute atomic E-state index is 13.3. The normalized spacial score (nSPS) is 15.7. The molecule has 29 heavy (non-hydrogen) atoms. The average Bonchev–Trinajstić information content (AvgIpc) is 3.17. The van der Waals surface area contributed by atoms with Gasteiger partial charge in [-0.2, -0.15) is 0 Å². The van der Waals surface area contributed by atoms with Gasteiger partial charge in [-0.25, -0.2) is 9.18 Å². The van der Waals surface area contributed by atoms with Gasteiger partial charge in [0.05, 0.1) is 19.8 Å². The number of rotatable bonds is 6. The number of carbonyl (C=O) groups is 1. The molecule has 0 bridgehead atoms. The lowest BCUT2D eigenvalue weighted by atomic mass is 9.93. The largest absolute Gasteiger partial charge is 0.342 e. The van der Waals surface area contributed by atoms with Gasteiger partial charge in [0.25, 0.3) is 0 Å². The lowest BCUT2D eigenvalue weighted by molar-refractivity contribution is -0.160. The summed E-state index contributed by atoms with van der Waals surface area (Å²) in [5, 5.41) is 5.89. The first-order valence-corrected chi connectivity index (χ1v) is 10.0. The molecule has 1 aliphatic rings. The van der Waals surface area contributed by atoms with Crippen LogP contribution in [0.15, 0.2) is 42.5 Å². The number of anilines is 1. The number of nitrogens with one attached hydrogen (secondary N) is 2. The van der Waals surface area contributed by atoms with Crippen molar-refractivity contribution in [1.82, 2.24) is 5.32 Å². The number of hydrogen-bond acceptors (Lipinski definition) is 3. The summed E-state index contributed by atoms with van der Waals surface area (Å²) in [4.78, 5) is 12.8. The van der Waals surface area contributed by atoms with E-state index < -0.39 is 5.79 Å². The summed E-state index contributed by atoms with van der Waals surface area (Å²) < 4.78 is 24.9. The Morgan fingerprint density at radius 2 is 1.55 bits per heavy atom. The molecule has 1 heterocycles. The summed E-state index contributed by atoms with van der Waals surface area (Å²) in [7, 11) is 0. The van der Waals surface area contributed by atoms with E-state index in [0.717, 1.165) is 16.8 Å². The van der Waals surface area contributed by atoms with Crippen molar-refractivity contribution in [2.75, 3.05) is 25.1 Å². The molecule has 3 rings (SSSR count). The van der Waals surface area contributed by atoms with Crippen LogP contribution in [0.2, 0.25) is 0 Å². The van der Waals surface area contributed by atoms with Crippen molar-refractivity contribution < 1.29 is 18.7 Å². The highest BCUT2D eigenvalue weighted by atomic mass is 19.1. The van der Waals surface area contributed by atoms with Gasteiger partial charge in [-0.15, -0.1) is 0 Å². The van der Waals surface area contributed by atoms with Crippen LogP contribution in [-0.4, -0.2) is 25.8 Å². The van der Waals surface area contributed by atoms with E-state index in [0.29, 0.717) is 18.8 Å². The molecule has 0 atom stereocenters. The van der Waals surface area contributed by atoms with Crippen LogP contribution in [0.25, 0.3) is 0 Å². The third-order valence-corrected chi connectivity index (χ3v) is 5.13. The lowest BCUT2D eigenvalue weighted by Crippen LogP contribution is -2.43. The molecule has 0 spiro atoms. The van der Waals surface area contributed by atoms with Crippen LogP contribution in [0.3, 0.4) is 0 Å². The van der Waals surface area contributed by atoms with Gasteiger partial charge in [0.1, 0.15) is 5.82 Å². The second kappa shape index (κ2) is 8.93. The molecule has 0 aromatic heterocycles. The third-order valence-electron chi connectivity index (χ3n) is 5.13. The standard InChI is InChI=1S/C23H29FN2O3/c1-15(2)19-6-5-7-20(16(3)4)21(19)26-22(27)25-14-23(28-12-13-29-23)17-8-10-18(24)11-9-17/h5-11,15-16H,12-14H2,1-4H3,(H2,25,26,27). The highest BCUT2D eigenvalue weighted by Crippen LogP contribution is 2.33. The van der Waals surface area contributed by atoms with Gasteiger partial charge in [0.2, 0.25) is 5.79 Å². The van der Waals surface area contributed by atoms with Gasteiger partial charge in [0.15, 0.2) is 0 Å². The number of amides is 2. The fraction of sp³-hybridized carbons (Fsp3) is 0.435. The maximum atomic E-state index is 13.3. The van der Waals surface area contributed by atoms with Gasteiger partial charge < -0.3 is 20.1 Å². The van der Waals surface area contributed by atoms with E-state index in [1.165, 1.54) is 12.1 Å². The number of para-hydroxylation sites is 1. The Morgan fingerprint density at radius 3 is 2.07 bits per heavy atom. The minimum absolute atomic E-state index is 0.116. The first-order chi connectivity index (χ1) is 13.8. The van der Waals surface area contributed by atoms with Crippen molar-refractivity contribution >= 4 is 11.7 Å². The van der Waals surface area contributed by atoms with Crippen molar-refractivity contribution in [1.29, 1.82) is 0 Å². The first kappa shape index (κ1) is 21.3. The van der Waals surface area contributed by atoms with E-state index in [9.17, 15) is 9.18 Å². The molecule has 1 aliphatic heterocycles. The van der Waals surface area contributed by atoms with Crippen LogP contribution < -0.4 is 10.6 Å². The van der Waals surface area contributed by atoms with Crippen LogP contribution >= 0.6 is 0 Å². The molecule has 156 valence electrons. The van der Waals surface area contributed by atoms with E-state index in [2.05, 4.69) is 38.3 Å². The molecule has 2 amide bonds. The lowest BCUT2D eigenvalue weighted by Gasteiger charge is -2.28. The van der Waals surface area contributed by atoms with Crippen molar-refractivity contribution in [3.8, 4) is 0 Å². The summed E-state index contributed by atoms with van der Waals surface area (Å²) in [5.41, 5.74) is 3.70. The van der Waals surface area contributed by atoms with E-state index in [-0.39, 0.29) is 30.2 Å². The molecular weight excluding hydrogens is 371 g/mol. The fourth-order valence-electron chi connectivity index (χ4n) is 3.58. The number of carbonyl (C=O) groups excluding carboxylic acids is 1. The van der Waals surface area contributed by atoms with Gasteiger partial charge >= 0.3 is 6.03 Å². The number of ether oxygens (including phenoxy) is 2. The Labute approximate surface area is 171 Å². The quantitative estimate of drug-likeness (QED) is 0.710. The fourth-order valence-corrected chi connectivity index (χ4v) is 3.58. The molecule has 0 aliphatic carbocycles. The number of benzene rings is 2. The topological polar surface area (TPSA) is 59.6 Å². The smallest absolute Gasteiger partial charge is 0.319 e. The summed E-state index contributed by atoms with van der Waals surface area (Å²) in [5.74, 6) is -0.894. The van der Waals surface area contributed by atoms with Crippen LogP contribution in [0.5, 0.6) is 0 Å². The Bertz CT molecular complexity index is 817. The second-order valence-corrected chi connectivity index (χ2v) is 7.89. The Kier molecular flexibility index (Phi) is 6.55. The van der Waals surface area contributed by atoms with E-state index in [1.807, 2.05) is 18.2 Å². The summed E-state index contributed by atoms with van der Waals surface area (Å²) in [6.45, 7) is 9.35. The minimum atomic E-state index is -1.11. The van der Waals surface area contributed by atoms with E-state index in [1.54, 1.807) is 12.1 Å². The van der Waals surface area contributed by atoms with Crippen LogP contribution in [0, 0.1) is 5.82 Å². The zero-order valence-electron chi connectivity index (χ0n) is 17.4. The maximum Gasteiger partial charge on any atom is 0.319 e. The average molecular weight is 400 g/mol.